The molecular weight excluding hydrogens is 214 g/mol. The van der Waals surface area contributed by atoms with Crippen LogP contribution in [0.3, 0.4) is 0 Å². The molecule has 2 N–H and O–H groups in total. The maximum Gasteiger partial charge on any atom is 0.0693 e. The van der Waals surface area contributed by atoms with Crippen molar-refractivity contribution >= 4 is 0 Å². The van der Waals surface area contributed by atoms with Gasteiger partial charge in [-0.25, -0.2) is 0 Å². The van der Waals surface area contributed by atoms with Gasteiger partial charge in [0.2, 0.25) is 0 Å². The van der Waals surface area contributed by atoms with Gasteiger partial charge < -0.3 is 15.3 Å². The number of aliphatic hydroxyl groups excluding tert-OH is 1. The third kappa shape index (κ3) is 3.65. The Morgan fingerprint density at radius 2 is 1.94 bits per heavy atom. The predicted molar refractivity (Wildman–Crippen MR) is 70.2 cm³/mol. The Morgan fingerprint density at radius 3 is 2.71 bits per heavy atom. The standard InChI is InChI=1S/C13H27N3O/c1-15-7-8-16(2)11(10-15)9-14-12-5-3-4-6-13(12)17/h11-14,17H,3-10H2,1-2H3/t11?,12-,13-/m1/s1. The van der Waals surface area contributed by atoms with Crippen LogP contribution in [0.15, 0.2) is 0 Å². The third-order valence-electron chi connectivity index (χ3n) is 4.33. The summed E-state index contributed by atoms with van der Waals surface area (Å²) in [5.74, 6) is 0. The summed E-state index contributed by atoms with van der Waals surface area (Å²) < 4.78 is 0. The van der Waals surface area contributed by atoms with Crippen LogP contribution in [-0.4, -0.2) is 73.4 Å². The first-order valence-corrected chi connectivity index (χ1v) is 6.97. The molecule has 0 spiro atoms. The maximum absolute atomic E-state index is 9.93. The Hall–Kier alpha value is -0.160. The largest absolute Gasteiger partial charge is 0.392 e. The van der Waals surface area contributed by atoms with E-state index in [1.54, 1.807) is 0 Å². The Labute approximate surface area is 105 Å². The summed E-state index contributed by atoms with van der Waals surface area (Å²) in [5, 5.41) is 13.5. The summed E-state index contributed by atoms with van der Waals surface area (Å²) in [5.41, 5.74) is 0. The van der Waals surface area contributed by atoms with E-state index in [2.05, 4.69) is 29.2 Å². The van der Waals surface area contributed by atoms with E-state index in [0.717, 1.165) is 32.5 Å². The van der Waals surface area contributed by atoms with E-state index in [1.807, 2.05) is 0 Å². The number of rotatable bonds is 3. The first-order chi connectivity index (χ1) is 8.16. The van der Waals surface area contributed by atoms with Gasteiger partial charge in [-0.2, -0.15) is 0 Å². The van der Waals surface area contributed by atoms with E-state index in [4.69, 9.17) is 0 Å². The second kappa shape index (κ2) is 6.14. The molecule has 1 saturated carbocycles. The van der Waals surface area contributed by atoms with E-state index in [0.29, 0.717) is 12.1 Å². The molecule has 2 aliphatic rings. The number of aliphatic hydroxyl groups is 1. The molecule has 1 aliphatic carbocycles. The quantitative estimate of drug-likeness (QED) is 0.736. The van der Waals surface area contributed by atoms with E-state index >= 15 is 0 Å². The number of piperazine rings is 1. The molecule has 1 unspecified atom stereocenters. The van der Waals surface area contributed by atoms with E-state index in [1.165, 1.54) is 19.4 Å². The average molecular weight is 241 g/mol. The maximum atomic E-state index is 9.93. The molecule has 1 heterocycles. The van der Waals surface area contributed by atoms with Crippen LogP contribution >= 0.6 is 0 Å². The molecule has 0 radical (unpaired) electrons. The Morgan fingerprint density at radius 1 is 1.18 bits per heavy atom. The zero-order valence-corrected chi connectivity index (χ0v) is 11.2. The molecular formula is C13H27N3O. The summed E-state index contributed by atoms with van der Waals surface area (Å²) in [6.07, 6.45) is 4.42. The number of hydrogen-bond acceptors (Lipinski definition) is 4. The molecule has 0 aromatic carbocycles. The molecule has 2 rings (SSSR count). The van der Waals surface area contributed by atoms with E-state index < -0.39 is 0 Å². The summed E-state index contributed by atoms with van der Waals surface area (Å²) in [4.78, 5) is 4.83. The van der Waals surface area contributed by atoms with Crippen molar-refractivity contribution in [2.24, 2.45) is 0 Å². The highest BCUT2D eigenvalue weighted by Gasteiger charge is 2.26. The van der Waals surface area contributed by atoms with Crippen molar-refractivity contribution in [3.8, 4) is 0 Å². The molecule has 2 fully saturated rings. The summed E-state index contributed by atoms with van der Waals surface area (Å²) in [7, 11) is 4.39. The van der Waals surface area contributed by atoms with Crippen molar-refractivity contribution < 1.29 is 5.11 Å². The monoisotopic (exact) mass is 241 g/mol. The first kappa shape index (κ1) is 13.3. The lowest BCUT2D eigenvalue weighted by Crippen LogP contribution is -2.56. The van der Waals surface area contributed by atoms with Gasteiger partial charge in [-0.1, -0.05) is 12.8 Å². The van der Waals surface area contributed by atoms with Gasteiger partial charge in [-0.3, -0.25) is 4.90 Å². The summed E-state index contributed by atoms with van der Waals surface area (Å²) in [6.45, 7) is 4.45. The van der Waals surface area contributed by atoms with Crippen molar-refractivity contribution in [1.29, 1.82) is 0 Å². The number of likely N-dealkylation sites (N-methyl/N-ethyl adjacent to an activating group) is 2. The van der Waals surface area contributed by atoms with Crippen molar-refractivity contribution in [1.82, 2.24) is 15.1 Å². The van der Waals surface area contributed by atoms with E-state index in [9.17, 15) is 5.11 Å². The van der Waals surface area contributed by atoms with Crippen LogP contribution in [0.1, 0.15) is 25.7 Å². The normalized spacial score (nSPS) is 37.2. The van der Waals surface area contributed by atoms with Gasteiger partial charge in [0, 0.05) is 38.3 Å². The summed E-state index contributed by atoms with van der Waals surface area (Å²) >= 11 is 0. The van der Waals surface area contributed by atoms with Crippen molar-refractivity contribution in [3.63, 3.8) is 0 Å². The number of nitrogens with zero attached hydrogens (tertiary/aromatic N) is 2. The van der Waals surface area contributed by atoms with Crippen LogP contribution in [0.4, 0.5) is 0 Å². The minimum Gasteiger partial charge on any atom is -0.392 e. The topological polar surface area (TPSA) is 38.7 Å². The highest BCUT2D eigenvalue weighted by atomic mass is 16.3. The fraction of sp³-hybridized carbons (Fsp3) is 1.00. The van der Waals surface area contributed by atoms with Crippen molar-refractivity contribution in [2.45, 2.75) is 43.9 Å². The predicted octanol–water partition coefficient (Wildman–Crippen LogP) is 0.125. The molecule has 0 bridgehead atoms. The van der Waals surface area contributed by atoms with Crippen molar-refractivity contribution in [3.05, 3.63) is 0 Å². The van der Waals surface area contributed by atoms with Gasteiger partial charge >= 0.3 is 0 Å². The van der Waals surface area contributed by atoms with Crippen LogP contribution < -0.4 is 5.32 Å². The van der Waals surface area contributed by atoms with Crippen LogP contribution in [0.25, 0.3) is 0 Å². The molecule has 3 atom stereocenters. The molecule has 100 valence electrons. The fourth-order valence-electron chi connectivity index (χ4n) is 2.96. The second-order valence-electron chi connectivity index (χ2n) is 5.76. The zero-order chi connectivity index (χ0) is 12.3. The highest BCUT2D eigenvalue weighted by molar-refractivity contribution is 4.85. The van der Waals surface area contributed by atoms with Crippen LogP contribution in [0, 0.1) is 0 Å². The van der Waals surface area contributed by atoms with Crippen LogP contribution in [-0.2, 0) is 0 Å². The minimum absolute atomic E-state index is 0.129. The van der Waals surface area contributed by atoms with Gasteiger partial charge in [-0.15, -0.1) is 0 Å². The lowest BCUT2D eigenvalue weighted by atomic mass is 9.92. The molecule has 4 heteroatoms. The first-order valence-electron chi connectivity index (χ1n) is 6.97. The minimum atomic E-state index is -0.129. The third-order valence-corrected chi connectivity index (χ3v) is 4.33. The Kier molecular flexibility index (Phi) is 4.79. The van der Waals surface area contributed by atoms with Crippen molar-refractivity contribution in [2.75, 3.05) is 40.3 Å². The molecule has 1 saturated heterocycles. The van der Waals surface area contributed by atoms with Gasteiger partial charge in [0.15, 0.2) is 0 Å². The van der Waals surface area contributed by atoms with Crippen LogP contribution in [0.5, 0.6) is 0 Å². The van der Waals surface area contributed by atoms with Gasteiger partial charge in [0.1, 0.15) is 0 Å². The lowest BCUT2D eigenvalue weighted by molar-refractivity contribution is 0.0735. The number of nitrogens with one attached hydrogen (secondary N) is 1. The molecule has 1 aliphatic heterocycles. The number of hydrogen-bond donors (Lipinski definition) is 2. The molecule has 0 aromatic rings. The lowest BCUT2D eigenvalue weighted by Gasteiger charge is -2.39. The zero-order valence-electron chi connectivity index (χ0n) is 11.2. The molecule has 17 heavy (non-hydrogen) atoms. The van der Waals surface area contributed by atoms with E-state index in [-0.39, 0.29) is 6.10 Å². The molecule has 0 aromatic heterocycles. The smallest absolute Gasteiger partial charge is 0.0693 e. The molecule has 4 nitrogen and oxygen atoms in total. The highest BCUT2D eigenvalue weighted by Crippen LogP contribution is 2.18. The van der Waals surface area contributed by atoms with Crippen LogP contribution in [0.2, 0.25) is 0 Å². The second-order valence-corrected chi connectivity index (χ2v) is 5.76. The van der Waals surface area contributed by atoms with Gasteiger partial charge in [-0.05, 0) is 26.9 Å². The summed E-state index contributed by atoms with van der Waals surface area (Å²) in [6, 6.07) is 0.909. The Bertz CT molecular complexity index is 237. The Balaban J connectivity index is 1.76. The van der Waals surface area contributed by atoms with Gasteiger partial charge in [0.05, 0.1) is 6.10 Å². The SMILES string of the molecule is CN1CCN(C)C(CN[C@@H]2CCCC[C@H]2O)C1. The average Bonchev–Trinajstić information content (AvgIpc) is 2.32. The molecule has 0 amide bonds. The fourth-order valence-corrected chi connectivity index (χ4v) is 2.96. The van der Waals surface area contributed by atoms with Gasteiger partial charge in [0.25, 0.3) is 0 Å².